The monoisotopic (exact) mass is 520 g/mol. The molecule has 2 N–H and O–H groups in total. The van der Waals surface area contributed by atoms with Gasteiger partial charge < -0.3 is 15.1 Å². The highest BCUT2D eigenvalue weighted by Gasteiger charge is 2.47. The van der Waals surface area contributed by atoms with Gasteiger partial charge in [0.25, 0.3) is 11.8 Å². The van der Waals surface area contributed by atoms with E-state index in [4.69, 9.17) is 4.42 Å². The van der Waals surface area contributed by atoms with Crippen LogP contribution in [0.1, 0.15) is 44.8 Å². The Morgan fingerprint density at radius 1 is 0.949 bits per heavy atom. The van der Waals surface area contributed by atoms with E-state index in [1.165, 1.54) is 12.1 Å². The minimum atomic E-state index is -0.481. The molecule has 0 saturated heterocycles. The number of hydrogen-bond acceptors (Lipinski definition) is 5. The molecule has 7 nitrogen and oxygen atoms in total. The largest absolute Gasteiger partial charge is 0.455 e. The average Bonchev–Trinajstić information content (AvgIpc) is 3.65. The minimum absolute atomic E-state index is 0.187. The highest BCUT2D eigenvalue weighted by atomic mass is 19.1. The molecule has 0 spiro atoms. The van der Waals surface area contributed by atoms with Crippen LogP contribution in [0.3, 0.4) is 0 Å². The van der Waals surface area contributed by atoms with Gasteiger partial charge >= 0.3 is 0 Å². The number of nitrogens with one attached hydrogen (secondary N) is 2. The van der Waals surface area contributed by atoms with Crippen molar-refractivity contribution in [2.45, 2.75) is 25.3 Å². The van der Waals surface area contributed by atoms with E-state index in [-0.39, 0.29) is 17.6 Å². The van der Waals surface area contributed by atoms with Crippen LogP contribution >= 0.6 is 0 Å². The van der Waals surface area contributed by atoms with E-state index in [2.05, 4.69) is 20.6 Å². The van der Waals surface area contributed by atoms with Gasteiger partial charge in [-0.15, -0.1) is 0 Å². The Balaban J connectivity index is 1.39. The number of aryl methyl sites for hydroxylation is 1. The van der Waals surface area contributed by atoms with E-state index >= 15 is 0 Å². The van der Waals surface area contributed by atoms with Crippen LogP contribution in [0.5, 0.6) is 0 Å². The van der Waals surface area contributed by atoms with Crippen LogP contribution in [0, 0.1) is 12.7 Å². The zero-order valence-corrected chi connectivity index (χ0v) is 21.4. The van der Waals surface area contributed by atoms with Gasteiger partial charge in [0.05, 0.1) is 23.0 Å². The number of aromatic nitrogens is 2. The van der Waals surface area contributed by atoms with E-state index in [0.717, 1.165) is 35.2 Å². The summed E-state index contributed by atoms with van der Waals surface area (Å²) in [7, 11) is 1.55. The molecular weight excluding hydrogens is 495 g/mol. The first-order valence-corrected chi connectivity index (χ1v) is 12.6. The van der Waals surface area contributed by atoms with E-state index in [1.54, 1.807) is 43.8 Å². The molecule has 0 bridgehead atoms. The predicted octanol–water partition coefficient (Wildman–Crippen LogP) is 5.78. The maximum Gasteiger partial charge on any atom is 0.255 e. The van der Waals surface area contributed by atoms with Crippen molar-refractivity contribution in [2.75, 3.05) is 7.05 Å². The first kappa shape index (κ1) is 24.5. The van der Waals surface area contributed by atoms with Crippen LogP contribution in [-0.4, -0.2) is 28.8 Å². The summed E-state index contributed by atoms with van der Waals surface area (Å²) in [5.41, 5.74) is 4.97. The van der Waals surface area contributed by atoms with Gasteiger partial charge in [-0.1, -0.05) is 12.1 Å². The lowest BCUT2D eigenvalue weighted by Crippen LogP contribution is -2.35. The van der Waals surface area contributed by atoms with Crippen molar-refractivity contribution in [1.82, 2.24) is 20.6 Å². The maximum absolute atomic E-state index is 13.5. The maximum atomic E-state index is 13.5. The van der Waals surface area contributed by atoms with Crippen LogP contribution in [0.25, 0.3) is 33.4 Å². The molecule has 2 aromatic heterocycles. The summed E-state index contributed by atoms with van der Waals surface area (Å²) in [6.45, 7) is 1.97. The Bertz CT molecular complexity index is 1720. The van der Waals surface area contributed by atoms with E-state index in [9.17, 15) is 14.0 Å². The number of amides is 2. The number of halogens is 1. The first-order valence-electron chi connectivity index (χ1n) is 12.6. The number of rotatable bonds is 6. The third-order valence-electron chi connectivity index (χ3n) is 7.22. The molecule has 194 valence electrons. The van der Waals surface area contributed by atoms with Gasteiger partial charge in [0.15, 0.2) is 0 Å². The number of carbonyl (C=O) groups is 2. The second-order valence-corrected chi connectivity index (χ2v) is 9.76. The fourth-order valence-corrected chi connectivity index (χ4v) is 4.90. The van der Waals surface area contributed by atoms with E-state index < -0.39 is 5.54 Å². The van der Waals surface area contributed by atoms with Crippen molar-refractivity contribution >= 4 is 22.8 Å². The van der Waals surface area contributed by atoms with Crippen LogP contribution < -0.4 is 10.6 Å². The van der Waals surface area contributed by atoms with Gasteiger partial charge in [-0.2, -0.15) is 0 Å². The predicted molar refractivity (Wildman–Crippen MR) is 146 cm³/mol. The summed E-state index contributed by atoms with van der Waals surface area (Å²) in [5, 5.41) is 6.46. The van der Waals surface area contributed by atoms with Crippen molar-refractivity contribution in [3.05, 3.63) is 107 Å². The molecular formula is C31H25FN4O3. The molecule has 0 unspecified atom stereocenters. The molecule has 0 radical (unpaired) electrons. The third kappa shape index (κ3) is 4.44. The molecule has 2 heterocycles. The van der Waals surface area contributed by atoms with Gasteiger partial charge in [-0.05, 0) is 85.0 Å². The standard InChI is InChI=1S/C31H25FN4O3/c1-18-3-4-21(29(37)36-31(11-12-31)26-17-34-13-14-35-26)16-23(18)20-7-10-25-24(15-20)27(30(38)33-2)28(39-25)19-5-8-22(32)9-6-19/h3-10,13-17H,11-12H2,1-2H3,(H,33,38)(H,36,37). The number of furan rings is 1. The van der Waals surface area contributed by atoms with Gasteiger partial charge in [-0.25, -0.2) is 4.39 Å². The molecule has 3 aromatic carbocycles. The van der Waals surface area contributed by atoms with Crippen molar-refractivity contribution in [1.29, 1.82) is 0 Å². The normalized spacial score (nSPS) is 13.7. The highest BCUT2D eigenvalue weighted by molar-refractivity contribution is 6.12. The number of fused-ring (bicyclic) bond motifs is 1. The molecule has 6 rings (SSSR count). The molecule has 0 aliphatic heterocycles. The fourth-order valence-electron chi connectivity index (χ4n) is 4.90. The Morgan fingerprint density at radius 3 is 2.41 bits per heavy atom. The summed E-state index contributed by atoms with van der Waals surface area (Å²) in [6.07, 6.45) is 6.56. The van der Waals surface area contributed by atoms with Gasteiger partial charge in [0.1, 0.15) is 17.2 Å². The second-order valence-electron chi connectivity index (χ2n) is 9.76. The Hall–Kier alpha value is -4.85. The topological polar surface area (TPSA) is 97.1 Å². The molecule has 8 heteroatoms. The second kappa shape index (κ2) is 9.47. The smallest absolute Gasteiger partial charge is 0.255 e. The fraction of sp³-hybridized carbons (Fsp3) is 0.161. The molecule has 1 fully saturated rings. The van der Waals surface area contributed by atoms with E-state index in [0.29, 0.717) is 33.4 Å². The summed E-state index contributed by atoms with van der Waals surface area (Å²) in [5.74, 6) is -0.505. The lowest BCUT2D eigenvalue weighted by molar-refractivity contribution is 0.0928. The number of benzene rings is 3. The van der Waals surface area contributed by atoms with Crippen molar-refractivity contribution < 1.29 is 18.4 Å². The minimum Gasteiger partial charge on any atom is -0.455 e. The van der Waals surface area contributed by atoms with Crippen molar-refractivity contribution in [3.63, 3.8) is 0 Å². The van der Waals surface area contributed by atoms with Crippen LogP contribution in [0.15, 0.2) is 83.7 Å². The number of nitrogens with zero attached hydrogens (tertiary/aromatic N) is 2. The van der Waals surface area contributed by atoms with Crippen molar-refractivity contribution in [2.24, 2.45) is 0 Å². The lowest BCUT2D eigenvalue weighted by Gasteiger charge is -2.17. The zero-order valence-electron chi connectivity index (χ0n) is 21.4. The van der Waals surface area contributed by atoms with Gasteiger partial charge in [-0.3, -0.25) is 19.6 Å². The molecule has 1 saturated carbocycles. The van der Waals surface area contributed by atoms with Gasteiger partial charge in [0, 0.05) is 36.0 Å². The Kier molecular flexibility index (Phi) is 5.95. The quantitative estimate of drug-likeness (QED) is 0.296. The number of carbonyl (C=O) groups excluding carboxylic acids is 2. The van der Waals surface area contributed by atoms with Crippen molar-refractivity contribution in [3.8, 4) is 22.5 Å². The molecule has 1 aliphatic carbocycles. The van der Waals surface area contributed by atoms with Crippen LogP contribution in [0.2, 0.25) is 0 Å². The SMILES string of the molecule is CNC(=O)c1c(-c2ccc(F)cc2)oc2ccc(-c3cc(C(=O)NC4(c5cnccn5)CC4)ccc3C)cc12. The van der Waals surface area contributed by atoms with Crippen LogP contribution in [0.4, 0.5) is 4.39 Å². The van der Waals surface area contributed by atoms with Crippen LogP contribution in [-0.2, 0) is 5.54 Å². The molecule has 1 aliphatic rings. The van der Waals surface area contributed by atoms with Gasteiger partial charge in [0.2, 0.25) is 0 Å². The zero-order chi connectivity index (χ0) is 27.1. The lowest BCUT2D eigenvalue weighted by atomic mass is 9.95. The Morgan fingerprint density at radius 2 is 1.72 bits per heavy atom. The van der Waals surface area contributed by atoms with E-state index in [1.807, 2.05) is 37.3 Å². The third-order valence-corrected chi connectivity index (χ3v) is 7.22. The summed E-state index contributed by atoms with van der Waals surface area (Å²) >= 11 is 0. The molecule has 0 atom stereocenters. The summed E-state index contributed by atoms with van der Waals surface area (Å²) < 4.78 is 19.6. The first-order chi connectivity index (χ1) is 18.9. The summed E-state index contributed by atoms with van der Waals surface area (Å²) in [6, 6.07) is 17.0. The number of hydrogen-bond donors (Lipinski definition) is 2. The average molecular weight is 521 g/mol. The molecule has 2 amide bonds. The Labute approximate surface area is 224 Å². The summed E-state index contributed by atoms with van der Waals surface area (Å²) in [4.78, 5) is 34.8. The molecule has 39 heavy (non-hydrogen) atoms. The highest BCUT2D eigenvalue weighted by Crippen LogP contribution is 2.44. The molecule has 5 aromatic rings.